The molecule has 6 nitrogen and oxygen atoms in total. The molecule has 0 aliphatic heterocycles. The summed E-state index contributed by atoms with van der Waals surface area (Å²) in [6.45, 7) is 2.23. The van der Waals surface area contributed by atoms with E-state index in [2.05, 4.69) is 0 Å². The maximum atomic E-state index is 12.9. The molecule has 0 saturated carbocycles. The molecule has 36 heavy (non-hydrogen) atoms. The Morgan fingerprint density at radius 2 is 1.14 bits per heavy atom. The Balaban J connectivity index is 1.87. The Bertz CT molecular complexity index is 1050. The molecule has 0 heterocycles. The van der Waals surface area contributed by atoms with Crippen LogP contribution < -0.4 is 0 Å². The van der Waals surface area contributed by atoms with Crippen LogP contribution in [0.2, 0.25) is 0 Å². The minimum absolute atomic E-state index is 0.0510. The van der Waals surface area contributed by atoms with E-state index in [9.17, 15) is 9.59 Å². The van der Waals surface area contributed by atoms with E-state index < -0.39 is 24.3 Å². The van der Waals surface area contributed by atoms with E-state index in [1.807, 2.05) is 91.0 Å². The van der Waals surface area contributed by atoms with Gasteiger partial charge in [-0.2, -0.15) is 0 Å². The summed E-state index contributed by atoms with van der Waals surface area (Å²) in [5.41, 5.74) is 2.82. The first kappa shape index (κ1) is 27.6. The van der Waals surface area contributed by atoms with E-state index in [4.69, 9.17) is 18.9 Å². The van der Waals surface area contributed by atoms with Gasteiger partial charge in [0.15, 0.2) is 11.2 Å². The normalized spacial score (nSPS) is 13.5. The molecular formula is C29H32O6S. The molecule has 0 amide bonds. The lowest BCUT2D eigenvalue weighted by Gasteiger charge is -2.32. The van der Waals surface area contributed by atoms with Gasteiger partial charge < -0.3 is 18.9 Å². The molecule has 0 N–H and O–H groups in total. The van der Waals surface area contributed by atoms with Crippen LogP contribution in [0.1, 0.15) is 23.6 Å². The number of hydrogen-bond acceptors (Lipinski definition) is 7. The highest BCUT2D eigenvalue weighted by molar-refractivity contribution is 8.13. The van der Waals surface area contributed by atoms with Crippen molar-refractivity contribution < 1.29 is 28.5 Å². The first-order chi connectivity index (χ1) is 17.6. The third-order valence-corrected chi connectivity index (χ3v) is 6.32. The number of ether oxygens (including phenoxy) is 4. The molecule has 0 aliphatic carbocycles. The molecule has 0 bridgehead atoms. The van der Waals surface area contributed by atoms with Crippen LogP contribution >= 0.6 is 11.8 Å². The largest absolute Gasteiger partial charge is 0.467 e. The van der Waals surface area contributed by atoms with Crippen LogP contribution in [0.3, 0.4) is 0 Å². The Morgan fingerprint density at radius 3 is 1.58 bits per heavy atom. The molecule has 3 aromatic rings. The van der Waals surface area contributed by atoms with Crippen molar-refractivity contribution in [2.45, 2.75) is 45.1 Å². The van der Waals surface area contributed by atoms with Crippen molar-refractivity contribution in [3.63, 3.8) is 0 Å². The minimum atomic E-state index is -1.06. The second kappa shape index (κ2) is 15.2. The number of thioether (sulfide) groups is 1. The quantitative estimate of drug-likeness (QED) is 0.277. The maximum Gasteiger partial charge on any atom is 0.337 e. The van der Waals surface area contributed by atoms with Gasteiger partial charge in [-0.3, -0.25) is 4.79 Å². The van der Waals surface area contributed by atoms with Crippen molar-refractivity contribution in [3.8, 4) is 0 Å². The van der Waals surface area contributed by atoms with Crippen molar-refractivity contribution in [2.75, 3.05) is 12.9 Å². The molecule has 3 rings (SSSR count). The highest BCUT2D eigenvalue weighted by Gasteiger charge is 2.38. The number of carbonyl (C=O) groups excluding carboxylic acids is 2. The van der Waals surface area contributed by atoms with Gasteiger partial charge in [-0.25, -0.2) is 4.79 Å². The summed E-state index contributed by atoms with van der Waals surface area (Å²) in [4.78, 5) is 24.8. The molecule has 0 radical (unpaired) electrons. The molecule has 7 heteroatoms. The smallest absolute Gasteiger partial charge is 0.337 e. The van der Waals surface area contributed by atoms with E-state index >= 15 is 0 Å². The van der Waals surface area contributed by atoms with Crippen LogP contribution in [0.15, 0.2) is 91.0 Å². The minimum Gasteiger partial charge on any atom is -0.467 e. The second-order valence-corrected chi connectivity index (χ2v) is 9.34. The zero-order valence-corrected chi connectivity index (χ0v) is 21.4. The third kappa shape index (κ3) is 9.24. The summed E-state index contributed by atoms with van der Waals surface area (Å²) in [7, 11) is 1.32. The topological polar surface area (TPSA) is 71.1 Å². The summed E-state index contributed by atoms with van der Waals surface area (Å²) >= 11 is 1.12. The summed E-state index contributed by atoms with van der Waals surface area (Å²) in [5, 5.41) is -0.0510. The summed E-state index contributed by atoms with van der Waals surface area (Å²) in [6.07, 6.45) is -2.51. The van der Waals surface area contributed by atoms with E-state index in [1.54, 1.807) is 0 Å². The van der Waals surface area contributed by atoms with Crippen LogP contribution in [-0.2, 0) is 48.4 Å². The fourth-order valence-electron chi connectivity index (χ4n) is 3.54. The lowest BCUT2D eigenvalue weighted by molar-refractivity contribution is -0.182. The fourth-order valence-corrected chi connectivity index (χ4v) is 4.23. The standard InChI is InChI=1S/C29H32O6S/c1-22(30)36-21-26(33-18-23-12-6-3-7-13-23)27(34-19-24-14-8-4-9-15-24)28(29(31)32-2)35-20-25-16-10-5-11-17-25/h3-17,26-28H,18-21H2,1-2H3/t26-,27-,28-/m1/s1. The number of carbonyl (C=O) groups is 2. The highest BCUT2D eigenvalue weighted by Crippen LogP contribution is 2.22. The molecule has 0 aromatic heterocycles. The van der Waals surface area contributed by atoms with Crippen molar-refractivity contribution in [3.05, 3.63) is 108 Å². The summed E-state index contributed by atoms with van der Waals surface area (Å²) in [5.74, 6) is -0.269. The first-order valence-electron chi connectivity index (χ1n) is 11.7. The number of esters is 1. The number of methoxy groups -OCH3 is 1. The van der Waals surface area contributed by atoms with Gasteiger partial charge in [0.05, 0.1) is 33.0 Å². The van der Waals surface area contributed by atoms with E-state index in [1.165, 1.54) is 14.0 Å². The third-order valence-electron chi connectivity index (χ3n) is 5.41. The van der Waals surface area contributed by atoms with Crippen LogP contribution in [0.4, 0.5) is 0 Å². The Labute approximate surface area is 216 Å². The molecule has 0 unspecified atom stereocenters. The zero-order chi connectivity index (χ0) is 25.6. The number of hydrogen-bond donors (Lipinski definition) is 0. The number of benzene rings is 3. The van der Waals surface area contributed by atoms with Crippen molar-refractivity contribution in [1.82, 2.24) is 0 Å². The lowest BCUT2D eigenvalue weighted by atomic mass is 10.1. The van der Waals surface area contributed by atoms with Crippen LogP contribution in [0.5, 0.6) is 0 Å². The predicted molar refractivity (Wildman–Crippen MR) is 140 cm³/mol. The Hall–Kier alpha value is -2.97. The average molecular weight is 509 g/mol. The van der Waals surface area contributed by atoms with Gasteiger partial charge in [0.25, 0.3) is 0 Å². The highest BCUT2D eigenvalue weighted by atomic mass is 32.2. The molecule has 0 saturated heterocycles. The molecule has 190 valence electrons. The molecule has 0 aliphatic rings. The zero-order valence-electron chi connectivity index (χ0n) is 20.6. The Morgan fingerprint density at radius 1 is 0.694 bits per heavy atom. The van der Waals surface area contributed by atoms with E-state index in [0.717, 1.165) is 28.5 Å². The van der Waals surface area contributed by atoms with Gasteiger partial charge in [0, 0.05) is 12.7 Å². The van der Waals surface area contributed by atoms with Gasteiger partial charge in [0.2, 0.25) is 0 Å². The first-order valence-corrected chi connectivity index (χ1v) is 12.7. The van der Waals surface area contributed by atoms with Crippen molar-refractivity contribution >= 4 is 22.8 Å². The van der Waals surface area contributed by atoms with Crippen LogP contribution in [0.25, 0.3) is 0 Å². The van der Waals surface area contributed by atoms with E-state index in [-0.39, 0.29) is 18.3 Å². The molecule has 0 fully saturated rings. The molecule has 3 aromatic carbocycles. The van der Waals surface area contributed by atoms with E-state index in [0.29, 0.717) is 12.4 Å². The van der Waals surface area contributed by atoms with Gasteiger partial charge in [-0.05, 0) is 16.7 Å². The van der Waals surface area contributed by atoms with Crippen LogP contribution in [0, 0.1) is 0 Å². The van der Waals surface area contributed by atoms with Gasteiger partial charge in [-0.15, -0.1) is 0 Å². The fraction of sp³-hybridized carbons (Fsp3) is 0.310. The molecular weight excluding hydrogens is 476 g/mol. The summed E-state index contributed by atoms with van der Waals surface area (Å²) < 4.78 is 23.8. The lowest BCUT2D eigenvalue weighted by Crippen LogP contribution is -2.48. The van der Waals surface area contributed by atoms with Gasteiger partial charge in [-0.1, -0.05) is 103 Å². The SMILES string of the molecule is COC(=O)[C@H](OCc1ccccc1)[C@H](OCc1ccccc1)[C@@H](CSC(C)=O)OCc1ccccc1. The molecule has 0 spiro atoms. The van der Waals surface area contributed by atoms with Crippen molar-refractivity contribution in [2.24, 2.45) is 0 Å². The average Bonchev–Trinajstić information content (AvgIpc) is 2.92. The molecule has 3 atom stereocenters. The van der Waals surface area contributed by atoms with Gasteiger partial charge in [0.1, 0.15) is 6.10 Å². The van der Waals surface area contributed by atoms with Crippen molar-refractivity contribution in [1.29, 1.82) is 0 Å². The van der Waals surface area contributed by atoms with Crippen LogP contribution in [-0.4, -0.2) is 42.3 Å². The van der Waals surface area contributed by atoms with Gasteiger partial charge >= 0.3 is 5.97 Å². The predicted octanol–water partition coefficient (Wildman–Crippen LogP) is 5.20. The Kier molecular flexibility index (Phi) is 11.7. The number of rotatable bonds is 14. The monoisotopic (exact) mass is 508 g/mol. The summed E-state index contributed by atoms with van der Waals surface area (Å²) in [6, 6.07) is 28.9. The maximum absolute atomic E-state index is 12.9. The second-order valence-electron chi connectivity index (χ2n) is 8.14.